The molecule has 0 amide bonds. The molecular formula is C17H23N5O2S. The van der Waals surface area contributed by atoms with Gasteiger partial charge in [0.15, 0.2) is 11.6 Å². The van der Waals surface area contributed by atoms with Crippen LogP contribution in [0.2, 0.25) is 0 Å². The third kappa shape index (κ3) is 4.26. The maximum absolute atomic E-state index is 11.9. The standard InChI is InChI=1S/C17H23N5O2S/c1-3-25(23,24)22-12-10-21(11-13-22)17-9-8-16(19-20-17)18-15-6-4-14(2)5-7-15/h4-9H,3,10-13H2,1-2H3,(H,18,19). The minimum atomic E-state index is -3.11. The molecular weight excluding hydrogens is 338 g/mol. The van der Waals surface area contributed by atoms with Crippen molar-refractivity contribution < 1.29 is 8.42 Å². The summed E-state index contributed by atoms with van der Waals surface area (Å²) in [5, 5.41) is 11.7. The fourth-order valence-corrected chi connectivity index (χ4v) is 3.81. The van der Waals surface area contributed by atoms with E-state index in [1.807, 2.05) is 43.3 Å². The number of hydrogen-bond acceptors (Lipinski definition) is 6. The minimum Gasteiger partial charge on any atom is -0.352 e. The van der Waals surface area contributed by atoms with Crippen molar-refractivity contribution in [1.82, 2.24) is 14.5 Å². The van der Waals surface area contributed by atoms with E-state index in [4.69, 9.17) is 0 Å². The molecule has 134 valence electrons. The second kappa shape index (κ2) is 7.37. The Kier molecular flexibility index (Phi) is 5.19. The molecule has 7 nitrogen and oxygen atoms in total. The molecule has 0 spiro atoms. The van der Waals surface area contributed by atoms with E-state index in [2.05, 4.69) is 20.4 Å². The molecule has 2 aromatic rings. The summed E-state index contributed by atoms with van der Waals surface area (Å²) in [5.74, 6) is 1.59. The minimum absolute atomic E-state index is 0.145. The van der Waals surface area contributed by atoms with Gasteiger partial charge < -0.3 is 10.2 Å². The Balaban J connectivity index is 1.60. The van der Waals surface area contributed by atoms with Crippen molar-refractivity contribution in [2.24, 2.45) is 0 Å². The van der Waals surface area contributed by atoms with Gasteiger partial charge in [-0.3, -0.25) is 0 Å². The zero-order valence-corrected chi connectivity index (χ0v) is 15.3. The third-order valence-corrected chi connectivity index (χ3v) is 6.18. The molecule has 3 rings (SSSR count). The topological polar surface area (TPSA) is 78.4 Å². The van der Waals surface area contributed by atoms with Gasteiger partial charge in [0.1, 0.15) is 0 Å². The number of piperazine rings is 1. The number of aryl methyl sites for hydroxylation is 1. The molecule has 1 aliphatic heterocycles. The number of hydrogen-bond donors (Lipinski definition) is 1. The lowest BCUT2D eigenvalue weighted by Gasteiger charge is -2.34. The van der Waals surface area contributed by atoms with Gasteiger partial charge >= 0.3 is 0 Å². The molecule has 1 fully saturated rings. The summed E-state index contributed by atoms with van der Waals surface area (Å²) >= 11 is 0. The van der Waals surface area contributed by atoms with Crippen LogP contribution >= 0.6 is 0 Å². The molecule has 0 aliphatic carbocycles. The average Bonchev–Trinajstić information content (AvgIpc) is 2.64. The van der Waals surface area contributed by atoms with Crippen molar-refractivity contribution in [3.63, 3.8) is 0 Å². The predicted molar refractivity (Wildman–Crippen MR) is 99.7 cm³/mol. The van der Waals surface area contributed by atoms with E-state index in [1.54, 1.807) is 11.2 Å². The molecule has 1 N–H and O–H groups in total. The summed E-state index contributed by atoms with van der Waals surface area (Å²) in [6, 6.07) is 11.9. The van der Waals surface area contributed by atoms with E-state index in [0.717, 1.165) is 11.5 Å². The van der Waals surface area contributed by atoms with Gasteiger partial charge in [0.05, 0.1) is 5.75 Å². The Morgan fingerprint density at radius 2 is 1.68 bits per heavy atom. The van der Waals surface area contributed by atoms with Crippen LogP contribution in [0.1, 0.15) is 12.5 Å². The first-order chi connectivity index (χ1) is 12.0. The van der Waals surface area contributed by atoms with Crippen LogP contribution in [0, 0.1) is 6.92 Å². The normalized spacial score (nSPS) is 16.0. The van der Waals surface area contributed by atoms with Crippen LogP contribution in [0.25, 0.3) is 0 Å². The first-order valence-corrected chi connectivity index (χ1v) is 9.99. The number of nitrogens with zero attached hydrogens (tertiary/aromatic N) is 4. The van der Waals surface area contributed by atoms with Gasteiger partial charge in [-0.1, -0.05) is 17.7 Å². The lowest BCUT2D eigenvalue weighted by atomic mass is 10.2. The molecule has 0 radical (unpaired) electrons. The number of anilines is 3. The van der Waals surface area contributed by atoms with Crippen LogP contribution in [-0.4, -0.2) is 54.9 Å². The summed E-state index contributed by atoms with van der Waals surface area (Å²) in [7, 11) is -3.11. The van der Waals surface area contributed by atoms with Crippen molar-refractivity contribution in [3.8, 4) is 0 Å². The zero-order chi connectivity index (χ0) is 17.9. The predicted octanol–water partition coefficient (Wildman–Crippen LogP) is 2.00. The van der Waals surface area contributed by atoms with E-state index in [-0.39, 0.29) is 5.75 Å². The molecule has 2 heterocycles. The van der Waals surface area contributed by atoms with Gasteiger partial charge in [0.2, 0.25) is 10.0 Å². The highest BCUT2D eigenvalue weighted by atomic mass is 32.2. The largest absolute Gasteiger partial charge is 0.352 e. The van der Waals surface area contributed by atoms with Crippen molar-refractivity contribution in [1.29, 1.82) is 0 Å². The highest BCUT2D eigenvalue weighted by Crippen LogP contribution is 2.18. The molecule has 8 heteroatoms. The molecule has 1 saturated heterocycles. The molecule has 0 unspecified atom stereocenters. The first kappa shape index (κ1) is 17.6. The SMILES string of the molecule is CCS(=O)(=O)N1CCN(c2ccc(Nc3ccc(C)cc3)nn2)CC1. The molecule has 0 bridgehead atoms. The summed E-state index contributed by atoms with van der Waals surface area (Å²) < 4.78 is 25.4. The van der Waals surface area contributed by atoms with Crippen molar-refractivity contribution >= 4 is 27.3 Å². The van der Waals surface area contributed by atoms with Gasteiger partial charge in [-0.05, 0) is 38.1 Å². The fourth-order valence-electron chi connectivity index (χ4n) is 2.72. The van der Waals surface area contributed by atoms with Gasteiger partial charge in [-0.25, -0.2) is 8.42 Å². The Hall–Kier alpha value is -2.19. The van der Waals surface area contributed by atoms with E-state index in [9.17, 15) is 8.42 Å². The molecule has 25 heavy (non-hydrogen) atoms. The Labute approximate surface area is 148 Å². The lowest BCUT2D eigenvalue weighted by Crippen LogP contribution is -2.49. The highest BCUT2D eigenvalue weighted by Gasteiger charge is 2.26. The van der Waals surface area contributed by atoms with Gasteiger partial charge in [-0.15, -0.1) is 10.2 Å². The van der Waals surface area contributed by atoms with Crippen molar-refractivity contribution in [2.45, 2.75) is 13.8 Å². The van der Waals surface area contributed by atoms with Gasteiger partial charge in [0, 0.05) is 31.9 Å². The van der Waals surface area contributed by atoms with Crippen LogP contribution in [0.4, 0.5) is 17.3 Å². The Morgan fingerprint density at radius 1 is 1.00 bits per heavy atom. The number of sulfonamides is 1. The highest BCUT2D eigenvalue weighted by molar-refractivity contribution is 7.89. The summed E-state index contributed by atoms with van der Waals surface area (Å²) in [6.07, 6.45) is 0. The second-order valence-corrected chi connectivity index (χ2v) is 8.31. The number of benzene rings is 1. The smallest absolute Gasteiger partial charge is 0.213 e. The Morgan fingerprint density at radius 3 is 2.24 bits per heavy atom. The van der Waals surface area contributed by atoms with E-state index in [0.29, 0.717) is 32.0 Å². The number of aromatic nitrogens is 2. The summed E-state index contributed by atoms with van der Waals surface area (Å²) in [6.45, 7) is 5.94. The summed E-state index contributed by atoms with van der Waals surface area (Å²) in [4.78, 5) is 2.06. The zero-order valence-electron chi connectivity index (χ0n) is 14.5. The van der Waals surface area contributed by atoms with Crippen LogP contribution in [-0.2, 0) is 10.0 Å². The molecule has 1 aliphatic rings. The van der Waals surface area contributed by atoms with Crippen molar-refractivity contribution in [2.75, 3.05) is 42.1 Å². The lowest BCUT2D eigenvalue weighted by molar-refractivity contribution is 0.384. The van der Waals surface area contributed by atoms with Gasteiger partial charge in [-0.2, -0.15) is 4.31 Å². The number of nitrogens with one attached hydrogen (secondary N) is 1. The quantitative estimate of drug-likeness (QED) is 0.878. The van der Waals surface area contributed by atoms with Crippen molar-refractivity contribution in [3.05, 3.63) is 42.0 Å². The summed E-state index contributed by atoms with van der Waals surface area (Å²) in [5.41, 5.74) is 2.17. The maximum Gasteiger partial charge on any atom is 0.213 e. The first-order valence-electron chi connectivity index (χ1n) is 8.38. The van der Waals surface area contributed by atoms with Crippen LogP contribution in [0.15, 0.2) is 36.4 Å². The van der Waals surface area contributed by atoms with E-state index in [1.165, 1.54) is 5.56 Å². The van der Waals surface area contributed by atoms with Crippen LogP contribution in [0.5, 0.6) is 0 Å². The van der Waals surface area contributed by atoms with Crippen LogP contribution < -0.4 is 10.2 Å². The molecule has 1 aromatic carbocycles. The Bertz CT molecular complexity index is 798. The molecule has 0 atom stereocenters. The number of rotatable bonds is 5. The average molecular weight is 361 g/mol. The van der Waals surface area contributed by atoms with Gasteiger partial charge in [0.25, 0.3) is 0 Å². The van der Waals surface area contributed by atoms with E-state index < -0.39 is 10.0 Å². The maximum atomic E-state index is 11.9. The van der Waals surface area contributed by atoms with E-state index >= 15 is 0 Å². The fraction of sp³-hybridized carbons (Fsp3) is 0.412. The molecule has 0 saturated carbocycles. The molecule has 1 aromatic heterocycles. The van der Waals surface area contributed by atoms with Crippen LogP contribution in [0.3, 0.4) is 0 Å². The monoisotopic (exact) mass is 361 g/mol. The third-order valence-electron chi connectivity index (χ3n) is 4.30. The second-order valence-electron chi connectivity index (χ2n) is 6.05.